The monoisotopic (exact) mass is 328 g/mol. The van der Waals surface area contributed by atoms with Gasteiger partial charge in [0.1, 0.15) is 5.82 Å². The number of nitrogens with zero attached hydrogens (tertiary/aromatic N) is 1. The molecule has 0 aliphatic rings. The summed E-state index contributed by atoms with van der Waals surface area (Å²) in [5, 5.41) is 3.03. The van der Waals surface area contributed by atoms with Crippen molar-refractivity contribution in [1.82, 2.24) is 10.2 Å². The van der Waals surface area contributed by atoms with Crippen molar-refractivity contribution in [3.63, 3.8) is 0 Å². The molecule has 2 aromatic rings. The first kappa shape index (κ1) is 18.1. The lowest BCUT2D eigenvalue weighted by Crippen LogP contribution is -2.37. The Bertz CT molecular complexity index is 658. The van der Waals surface area contributed by atoms with Crippen LogP contribution in [0.25, 0.3) is 0 Å². The quantitative estimate of drug-likeness (QED) is 0.840. The zero-order valence-corrected chi connectivity index (χ0v) is 14.5. The molecule has 3 nitrogen and oxygen atoms in total. The van der Waals surface area contributed by atoms with Crippen LogP contribution in [0.5, 0.6) is 0 Å². The molecule has 0 fully saturated rings. The molecule has 1 N–H and O–H groups in total. The maximum absolute atomic E-state index is 13.5. The van der Waals surface area contributed by atoms with Gasteiger partial charge in [-0.1, -0.05) is 49.4 Å². The highest BCUT2D eigenvalue weighted by atomic mass is 19.1. The maximum atomic E-state index is 13.5. The summed E-state index contributed by atoms with van der Waals surface area (Å²) in [6.45, 7) is 2.45. The number of hydrogen-bond acceptors (Lipinski definition) is 2. The molecule has 0 saturated heterocycles. The van der Waals surface area contributed by atoms with Gasteiger partial charge in [0.25, 0.3) is 0 Å². The first-order valence-corrected chi connectivity index (χ1v) is 8.27. The number of nitrogens with one attached hydrogen (secondary N) is 1. The van der Waals surface area contributed by atoms with Gasteiger partial charge in [0.2, 0.25) is 5.91 Å². The van der Waals surface area contributed by atoms with Gasteiger partial charge in [0.15, 0.2) is 0 Å². The molecule has 128 valence electrons. The Hall–Kier alpha value is -2.20. The molecule has 0 aromatic heterocycles. The first-order chi connectivity index (χ1) is 11.5. The van der Waals surface area contributed by atoms with Gasteiger partial charge >= 0.3 is 0 Å². The number of amides is 1. The van der Waals surface area contributed by atoms with Gasteiger partial charge in [-0.25, -0.2) is 4.39 Å². The highest BCUT2D eigenvalue weighted by Crippen LogP contribution is 2.21. The largest absolute Gasteiger partial charge is 0.354 e. The van der Waals surface area contributed by atoms with E-state index in [9.17, 15) is 9.18 Å². The zero-order valence-electron chi connectivity index (χ0n) is 14.5. The summed E-state index contributed by atoms with van der Waals surface area (Å²) in [6, 6.07) is 16.2. The average Bonchev–Trinajstić information content (AvgIpc) is 2.56. The van der Waals surface area contributed by atoms with Crippen LogP contribution in [0, 0.1) is 5.82 Å². The Morgan fingerprint density at radius 3 is 2.33 bits per heavy atom. The van der Waals surface area contributed by atoms with Crippen LogP contribution < -0.4 is 5.32 Å². The van der Waals surface area contributed by atoms with Gasteiger partial charge in [-0.2, -0.15) is 0 Å². The Morgan fingerprint density at radius 2 is 1.75 bits per heavy atom. The lowest BCUT2D eigenvalue weighted by atomic mass is 9.95. The SMILES string of the molecule is CCC(C(=O)NCC(c1cccc(F)c1)N(C)C)c1ccccc1. The summed E-state index contributed by atoms with van der Waals surface area (Å²) >= 11 is 0. The van der Waals surface area contributed by atoms with E-state index in [0.717, 1.165) is 17.5 Å². The molecule has 0 bridgehead atoms. The molecule has 24 heavy (non-hydrogen) atoms. The third-order valence-electron chi connectivity index (χ3n) is 4.25. The van der Waals surface area contributed by atoms with Crippen molar-refractivity contribution in [3.05, 3.63) is 71.5 Å². The predicted octanol–water partition coefficient (Wildman–Crippen LogP) is 3.74. The minimum Gasteiger partial charge on any atom is -0.354 e. The normalized spacial score (nSPS) is 13.5. The second-order valence-electron chi connectivity index (χ2n) is 6.15. The summed E-state index contributed by atoms with van der Waals surface area (Å²) in [5.41, 5.74) is 1.87. The van der Waals surface area contributed by atoms with Gasteiger partial charge in [-0.05, 0) is 43.8 Å². The number of benzene rings is 2. The molecule has 0 aliphatic heterocycles. The minimum absolute atomic E-state index is 0.00644. The summed E-state index contributed by atoms with van der Waals surface area (Å²) in [7, 11) is 3.85. The topological polar surface area (TPSA) is 32.3 Å². The number of carbonyl (C=O) groups is 1. The molecule has 0 aliphatic carbocycles. The molecule has 2 unspecified atom stereocenters. The minimum atomic E-state index is -0.263. The fraction of sp³-hybridized carbons (Fsp3) is 0.350. The lowest BCUT2D eigenvalue weighted by Gasteiger charge is -2.26. The standard InChI is InChI=1S/C20H25FN2O/c1-4-18(15-9-6-5-7-10-15)20(24)22-14-19(23(2)3)16-11-8-12-17(21)13-16/h5-13,18-19H,4,14H2,1-3H3,(H,22,24). The zero-order chi connectivity index (χ0) is 17.5. The number of hydrogen-bond donors (Lipinski definition) is 1. The van der Waals surface area contributed by atoms with E-state index in [2.05, 4.69) is 5.32 Å². The van der Waals surface area contributed by atoms with Crippen LogP contribution >= 0.6 is 0 Å². The van der Waals surface area contributed by atoms with Gasteiger partial charge in [0, 0.05) is 6.54 Å². The van der Waals surface area contributed by atoms with Crippen LogP contribution in [0.4, 0.5) is 4.39 Å². The van der Waals surface area contributed by atoms with E-state index in [-0.39, 0.29) is 23.7 Å². The van der Waals surface area contributed by atoms with Crippen LogP contribution in [0.15, 0.2) is 54.6 Å². The van der Waals surface area contributed by atoms with Crippen molar-refractivity contribution in [3.8, 4) is 0 Å². The van der Waals surface area contributed by atoms with Crippen molar-refractivity contribution in [2.75, 3.05) is 20.6 Å². The number of halogens is 1. The average molecular weight is 328 g/mol. The summed E-state index contributed by atoms with van der Waals surface area (Å²) in [4.78, 5) is 14.6. The molecule has 0 saturated carbocycles. The van der Waals surface area contributed by atoms with Gasteiger partial charge in [-0.3, -0.25) is 4.79 Å². The van der Waals surface area contributed by atoms with E-state index in [0.29, 0.717) is 6.54 Å². The molecule has 1 amide bonds. The van der Waals surface area contributed by atoms with Crippen LogP contribution in [-0.4, -0.2) is 31.4 Å². The highest BCUT2D eigenvalue weighted by Gasteiger charge is 2.21. The van der Waals surface area contributed by atoms with Crippen LogP contribution in [-0.2, 0) is 4.79 Å². The molecule has 0 radical (unpaired) electrons. The van der Waals surface area contributed by atoms with Crippen molar-refractivity contribution in [1.29, 1.82) is 0 Å². The predicted molar refractivity (Wildman–Crippen MR) is 95.3 cm³/mol. The summed E-state index contributed by atoms with van der Waals surface area (Å²) in [5.74, 6) is -0.421. The van der Waals surface area contributed by atoms with Crippen molar-refractivity contribution in [2.24, 2.45) is 0 Å². The van der Waals surface area contributed by atoms with Crippen molar-refractivity contribution in [2.45, 2.75) is 25.3 Å². The Kier molecular flexibility index (Phi) is 6.50. The van der Waals surface area contributed by atoms with E-state index in [1.165, 1.54) is 12.1 Å². The van der Waals surface area contributed by atoms with Crippen LogP contribution in [0.2, 0.25) is 0 Å². The fourth-order valence-corrected chi connectivity index (χ4v) is 2.89. The smallest absolute Gasteiger partial charge is 0.227 e. The Labute approximate surface area is 143 Å². The van der Waals surface area contributed by atoms with Crippen molar-refractivity contribution < 1.29 is 9.18 Å². The molecule has 2 rings (SSSR count). The molecule has 2 atom stereocenters. The van der Waals surface area contributed by atoms with E-state index < -0.39 is 0 Å². The first-order valence-electron chi connectivity index (χ1n) is 8.27. The lowest BCUT2D eigenvalue weighted by molar-refractivity contribution is -0.122. The van der Waals surface area contributed by atoms with Crippen molar-refractivity contribution >= 4 is 5.91 Å². The number of rotatable bonds is 7. The Balaban J connectivity index is 2.07. The molecular weight excluding hydrogens is 303 g/mol. The second-order valence-corrected chi connectivity index (χ2v) is 6.15. The third kappa shape index (κ3) is 4.65. The molecule has 0 heterocycles. The fourth-order valence-electron chi connectivity index (χ4n) is 2.89. The second kappa shape index (κ2) is 8.60. The van der Waals surface area contributed by atoms with E-state index >= 15 is 0 Å². The van der Waals surface area contributed by atoms with Gasteiger partial charge < -0.3 is 10.2 Å². The molecule has 4 heteroatoms. The van der Waals surface area contributed by atoms with E-state index in [4.69, 9.17) is 0 Å². The van der Waals surface area contributed by atoms with Crippen LogP contribution in [0.3, 0.4) is 0 Å². The van der Waals surface area contributed by atoms with E-state index in [1.807, 2.05) is 62.3 Å². The number of likely N-dealkylation sites (N-methyl/N-ethyl adjacent to an activating group) is 1. The number of carbonyl (C=O) groups excluding carboxylic acids is 1. The van der Waals surface area contributed by atoms with Gasteiger partial charge in [0.05, 0.1) is 12.0 Å². The third-order valence-corrected chi connectivity index (χ3v) is 4.25. The van der Waals surface area contributed by atoms with Crippen LogP contribution in [0.1, 0.15) is 36.4 Å². The maximum Gasteiger partial charge on any atom is 0.227 e. The molecule has 2 aromatic carbocycles. The Morgan fingerprint density at radius 1 is 1.08 bits per heavy atom. The molecular formula is C20H25FN2O. The highest BCUT2D eigenvalue weighted by molar-refractivity contribution is 5.83. The van der Waals surface area contributed by atoms with Gasteiger partial charge in [-0.15, -0.1) is 0 Å². The summed E-state index contributed by atoms with van der Waals surface area (Å²) in [6.07, 6.45) is 0.739. The van der Waals surface area contributed by atoms with E-state index in [1.54, 1.807) is 6.07 Å². The molecule has 0 spiro atoms. The summed E-state index contributed by atoms with van der Waals surface area (Å²) < 4.78 is 13.5.